The molecule has 0 aliphatic carbocycles. The molecule has 4 heteroatoms. The number of amides is 1. The van der Waals surface area contributed by atoms with E-state index in [-0.39, 0.29) is 11.9 Å². The molecule has 0 unspecified atom stereocenters. The third-order valence-corrected chi connectivity index (χ3v) is 3.82. The topological polar surface area (TPSA) is 45.2 Å². The fourth-order valence-electron chi connectivity index (χ4n) is 2.61. The fraction of sp³-hybridized carbons (Fsp3) is 0.600. The summed E-state index contributed by atoms with van der Waals surface area (Å²) in [6.45, 7) is 3.88. The minimum atomic E-state index is 0.00593. The SMILES string of the molecule is CCc1ccc(CN2CCCC[C@H]2C(=O)NC)nc1. The van der Waals surface area contributed by atoms with E-state index in [4.69, 9.17) is 0 Å². The van der Waals surface area contributed by atoms with Gasteiger partial charge in [-0.05, 0) is 37.4 Å². The lowest BCUT2D eigenvalue weighted by Gasteiger charge is -2.34. The summed E-state index contributed by atoms with van der Waals surface area (Å²) in [5, 5.41) is 2.77. The minimum Gasteiger partial charge on any atom is -0.358 e. The third kappa shape index (κ3) is 3.53. The molecule has 0 saturated carbocycles. The average molecular weight is 261 g/mol. The molecule has 1 N–H and O–H groups in total. The Morgan fingerprint density at radius 3 is 2.95 bits per heavy atom. The van der Waals surface area contributed by atoms with Crippen LogP contribution in [0.5, 0.6) is 0 Å². The molecule has 1 aromatic heterocycles. The molecule has 0 spiro atoms. The molecule has 1 aromatic rings. The number of piperidine rings is 1. The number of nitrogens with one attached hydrogen (secondary N) is 1. The Morgan fingerprint density at radius 2 is 2.32 bits per heavy atom. The highest BCUT2D eigenvalue weighted by Gasteiger charge is 2.27. The molecule has 1 fully saturated rings. The summed E-state index contributed by atoms with van der Waals surface area (Å²) in [6, 6.07) is 4.21. The largest absolute Gasteiger partial charge is 0.358 e. The van der Waals surface area contributed by atoms with Gasteiger partial charge in [0.05, 0.1) is 11.7 Å². The zero-order chi connectivity index (χ0) is 13.7. The van der Waals surface area contributed by atoms with Crippen LogP contribution in [-0.4, -0.2) is 35.4 Å². The molecular formula is C15H23N3O. The summed E-state index contributed by atoms with van der Waals surface area (Å²) in [5.74, 6) is 0.130. The second-order valence-corrected chi connectivity index (χ2v) is 5.11. The summed E-state index contributed by atoms with van der Waals surface area (Å²) in [4.78, 5) is 18.6. The highest BCUT2D eigenvalue weighted by Crippen LogP contribution is 2.19. The fourth-order valence-corrected chi connectivity index (χ4v) is 2.61. The molecule has 0 radical (unpaired) electrons. The van der Waals surface area contributed by atoms with Crippen molar-refractivity contribution in [2.45, 2.75) is 45.2 Å². The summed E-state index contributed by atoms with van der Waals surface area (Å²) in [7, 11) is 1.71. The van der Waals surface area contributed by atoms with Gasteiger partial charge in [0.2, 0.25) is 5.91 Å². The highest BCUT2D eigenvalue weighted by molar-refractivity contribution is 5.81. The van der Waals surface area contributed by atoms with Gasteiger partial charge in [0, 0.05) is 19.8 Å². The summed E-state index contributed by atoms with van der Waals surface area (Å²) in [6.07, 6.45) is 6.20. The van der Waals surface area contributed by atoms with E-state index in [2.05, 4.69) is 34.3 Å². The van der Waals surface area contributed by atoms with Crippen LogP contribution in [0.2, 0.25) is 0 Å². The standard InChI is InChI=1S/C15H23N3O/c1-3-12-7-8-13(17-10-12)11-18-9-5-4-6-14(18)15(19)16-2/h7-8,10,14H,3-6,9,11H2,1-2H3,(H,16,19)/t14-/m0/s1. The second kappa shape index (κ2) is 6.66. The Balaban J connectivity index is 2.03. The number of carbonyl (C=O) groups is 1. The number of carbonyl (C=O) groups excluding carboxylic acids is 1. The molecule has 4 nitrogen and oxygen atoms in total. The van der Waals surface area contributed by atoms with Gasteiger partial charge in [0.1, 0.15) is 0 Å². The lowest BCUT2D eigenvalue weighted by molar-refractivity contribution is -0.127. The van der Waals surface area contributed by atoms with E-state index in [1.54, 1.807) is 7.05 Å². The molecule has 1 amide bonds. The number of aryl methyl sites for hydroxylation is 1. The third-order valence-electron chi connectivity index (χ3n) is 3.82. The van der Waals surface area contributed by atoms with E-state index in [0.717, 1.165) is 38.0 Å². The van der Waals surface area contributed by atoms with Crippen molar-refractivity contribution in [2.24, 2.45) is 0 Å². The number of likely N-dealkylation sites (N-methyl/N-ethyl adjacent to an activating group) is 1. The molecule has 0 aromatic carbocycles. The van der Waals surface area contributed by atoms with Crippen LogP contribution in [0.3, 0.4) is 0 Å². The number of hydrogen-bond donors (Lipinski definition) is 1. The first-order chi connectivity index (χ1) is 9.24. The monoisotopic (exact) mass is 261 g/mol. The normalized spacial score (nSPS) is 20.2. The van der Waals surface area contributed by atoms with E-state index in [9.17, 15) is 4.79 Å². The van der Waals surface area contributed by atoms with Crippen molar-refractivity contribution in [3.05, 3.63) is 29.6 Å². The van der Waals surface area contributed by atoms with E-state index in [0.29, 0.717) is 0 Å². The molecule has 1 atom stereocenters. The summed E-state index contributed by atoms with van der Waals surface area (Å²) in [5.41, 5.74) is 2.30. The van der Waals surface area contributed by atoms with Gasteiger partial charge in [-0.15, -0.1) is 0 Å². The maximum absolute atomic E-state index is 11.9. The van der Waals surface area contributed by atoms with Gasteiger partial charge >= 0.3 is 0 Å². The number of rotatable bonds is 4. The van der Waals surface area contributed by atoms with Crippen LogP contribution in [0.1, 0.15) is 37.4 Å². The Bertz CT molecular complexity index is 416. The Morgan fingerprint density at radius 1 is 1.47 bits per heavy atom. The Hall–Kier alpha value is -1.42. The Kier molecular flexibility index (Phi) is 4.91. The lowest BCUT2D eigenvalue weighted by Crippen LogP contribution is -2.48. The summed E-state index contributed by atoms with van der Waals surface area (Å²) < 4.78 is 0. The van der Waals surface area contributed by atoms with Crippen LogP contribution in [-0.2, 0) is 17.8 Å². The number of pyridine rings is 1. The van der Waals surface area contributed by atoms with Gasteiger partial charge in [-0.25, -0.2) is 0 Å². The quantitative estimate of drug-likeness (QED) is 0.898. The molecule has 0 bridgehead atoms. The van der Waals surface area contributed by atoms with Crippen molar-refractivity contribution >= 4 is 5.91 Å². The highest BCUT2D eigenvalue weighted by atomic mass is 16.2. The van der Waals surface area contributed by atoms with E-state index >= 15 is 0 Å². The van der Waals surface area contributed by atoms with Gasteiger partial charge in [-0.3, -0.25) is 14.7 Å². The number of likely N-dealkylation sites (tertiary alicyclic amines) is 1. The average Bonchev–Trinajstić information content (AvgIpc) is 2.48. The molecular weight excluding hydrogens is 238 g/mol. The van der Waals surface area contributed by atoms with Crippen LogP contribution in [0.25, 0.3) is 0 Å². The second-order valence-electron chi connectivity index (χ2n) is 5.11. The number of hydrogen-bond acceptors (Lipinski definition) is 3. The van der Waals surface area contributed by atoms with Crippen molar-refractivity contribution < 1.29 is 4.79 Å². The van der Waals surface area contributed by atoms with Crippen molar-refractivity contribution in [1.29, 1.82) is 0 Å². The van der Waals surface area contributed by atoms with Crippen LogP contribution in [0, 0.1) is 0 Å². The van der Waals surface area contributed by atoms with Crippen molar-refractivity contribution in [1.82, 2.24) is 15.2 Å². The van der Waals surface area contributed by atoms with Gasteiger partial charge in [-0.1, -0.05) is 19.4 Å². The smallest absolute Gasteiger partial charge is 0.237 e. The summed E-state index contributed by atoms with van der Waals surface area (Å²) >= 11 is 0. The molecule has 19 heavy (non-hydrogen) atoms. The lowest BCUT2D eigenvalue weighted by atomic mass is 10.0. The van der Waals surface area contributed by atoms with Gasteiger partial charge in [-0.2, -0.15) is 0 Å². The van der Waals surface area contributed by atoms with E-state index in [1.165, 1.54) is 12.0 Å². The molecule has 1 aliphatic heterocycles. The maximum Gasteiger partial charge on any atom is 0.237 e. The number of nitrogens with zero attached hydrogens (tertiary/aromatic N) is 2. The van der Waals surface area contributed by atoms with Crippen LogP contribution >= 0.6 is 0 Å². The molecule has 1 aliphatic rings. The van der Waals surface area contributed by atoms with Crippen molar-refractivity contribution in [3.63, 3.8) is 0 Å². The van der Waals surface area contributed by atoms with Gasteiger partial charge in [0.25, 0.3) is 0 Å². The Labute approximate surface area is 115 Å². The first kappa shape index (κ1) is 14.0. The van der Waals surface area contributed by atoms with Gasteiger partial charge < -0.3 is 5.32 Å². The number of aromatic nitrogens is 1. The zero-order valence-electron chi connectivity index (χ0n) is 11.9. The zero-order valence-corrected chi connectivity index (χ0v) is 11.9. The first-order valence-corrected chi connectivity index (χ1v) is 7.14. The van der Waals surface area contributed by atoms with Crippen LogP contribution in [0.4, 0.5) is 0 Å². The minimum absolute atomic E-state index is 0.00593. The van der Waals surface area contributed by atoms with Crippen molar-refractivity contribution in [2.75, 3.05) is 13.6 Å². The van der Waals surface area contributed by atoms with Crippen LogP contribution < -0.4 is 5.32 Å². The predicted octanol–water partition coefficient (Wildman–Crippen LogP) is 1.74. The van der Waals surface area contributed by atoms with Crippen LogP contribution in [0.15, 0.2) is 18.3 Å². The maximum atomic E-state index is 11.9. The van der Waals surface area contributed by atoms with E-state index < -0.39 is 0 Å². The molecule has 1 saturated heterocycles. The first-order valence-electron chi connectivity index (χ1n) is 7.14. The van der Waals surface area contributed by atoms with Gasteiger partial charge in [0.15, 0.2) is 0 Å². The molecule has 2 heterocycles. The van der Waals surface area contributed by atoms with E-state index in [1.807, 2.05) is 6.20 Å². The van der Waals surface area contributed by atoms with Crippen molar-refractivity contribution in [3.8, 4) is 0 Å². The molecule has 104 valence electrons. The molecule has 2 rings (SSSR count). The predicted molar refractivity (Wildman–Crippen MR) is 75.7 cm³/mol.